The van der Waals surface area contributed by atoms with Gasteiger partial charge in [-0.1, -0.05) is 42.5 Å². The summed E-state index contributed by atoms with van der Waals surface area (Å²) in [5.74, 6) is -1.10. The largest absolute Gasteiger partial charge is 0.478 e. The number of sulfonamides is 1. The average Bonchev–Trinajstić information content (AvgIpc) is 2.53. The molecule has 0 aliphatic carbocycles. The number of hydrogen-bond donors (Lipinski definition) is 2. The number of pyridine rings is 1. The number of hydrogen-bond acceptors (Lipinski definition) is 4. The number of carbonyl (C=O) groups is 1. The maximum atomic E-state index is 11.6. The van der Waals surface area contributed by atoms with Crippen molar-refractivity contribution in [2.24, 2.45) is 0 Å². The molecular formula is C17H14N2O4S. The van der Waals surface area contributed by atoms with Crippen molar-refractivity contribution in [3.8, 4) is 11.3 Å². The van der Waals surface area contributed by atoms with Crippen molar-refractivity contribution in [1.82, 2.24) is 4.98 Å². The van der Waals surface area contributed by atoms with Crippen LogP contribution < -0.4 is 4.72 Å². The Bertz CT molecular complexity index is 1030. The lowest BCUT2D eigenvalue weighted by atomic mass is 10.0. The Morgan fingerprint density at radius 2 is 1.79 bits per heavy atom. The van der Waals surface area contributed by atoms with E-state index >= 15 is 0 Å². The lowest BCUT2D eigenvalue weighted by Gasteiger charge is -2.11. The number of carboxylic acids is 1. The Balaban J connectivity index is 2.33. The van der Waals surface area contributed by atoms with Gasteiger partial charge in [0, 0.05) is 10.9 Å². The Kier molecular flexibility index (Phi) is 3.94. The fourth-order valence-corrected chi connectivity index (χ4v) is 3.03. The first-order valence-corrected chi connectivity index (χ1v) is 8.94. The topological polar surface area (TPSA) is 96.4 Å². The standard InChI is InChI=1S/C17H14N2O4S/c1-24(22,23)19-14-9-5-8-12-13(17(20)21)10-15(18-16(12)14)11-6-3-2-4-7-11/h2-10,19H,1H3,(H,20,21). The molecule has 0 radical (unpaired) electrons. The number of rotatable bonds is 4. The van der Waals surface area contributed by atoms with Crippen LogP contribution >= 0.6 is 0 Å². The van der Waals surface area contributed by atoms with E-state index in [1.54, 1.807) is 18.2 Å². The molecule has 2 aromatic carbocycles. The van der Waals surface area contributed by atoms with Gasteiger partial charge in [0.05, 0.1) is 28.7 Å². The zero-order chi connectivity index (χ0) is 17.3. The summed E-state index contributed by atoms with van der Waals surface area (Å²) < 4.78 is 25.5. The van der Waals surface area contributed by atoms with Crippen LogP contribution in [0.2, 0.25) is 0 Å². The monoisotopic (exact) mass is 342 g/mol. The maximum Gasteiger partial charge on any atom is 0.336 e. The first kappa shape index (κ1) is 15.9. The molecule has 3 aromatic rings. The first-order valence-electron chi connectivity index (χ1n) is 7.05. The highest BCUT2D eigenvalue weighted by Gasteiger charge is 2.16. The average molecular weight is 342 g/mol. The lowest BCUT2D eigenvalue weighted by Crippen LogP contribution is -2.11. The van der Waals surface area contributed by atoms with Crippen molar-refractivity contribution in [3.05, 3.63) is 60.2 Å². The summed E-state index contributed by atoms with van der Waals surface area (Å²) in [6, 6.07) is 15.4. The van der Waals surface area contributed by atoms with Crippen LogP contribution in [0.25, 0.3) is 22.2 Å². The molecule has 0 saturated carbocycles. The smallest absolute Gasteiger partial charge is 0.336 e. The lowest BCUT2D eigenvalue weighted by molar-refractivity contribution is 0.0699. The number of fused-ring (bicyclic) bond motifs is 1. The molecule has 7 heteroatoms. The van der Waals surface area contributed by atoms with E-state index in [1.807, 2.05) is 30.3 Å². The predicted octanol–water partition coefficient (Wildman–Crippen LogP) is 2.97. The van der Waals surface area contributed by atoms with Crippen molar-refractivity contribution < 1.29 is 18.3 Å². The number of nitrogens with one attached hydrogen (secondary N) is 1. The third-order valence-corrected chi connectivity index (χ3v) is 4.03. The summed E-state index contributed by atoms with van der Waals surface area (Å²) >= 11 is 0. The van der Waals surface area contributed by atoms with E-state index in [1.165, 1.54) is 6.07 Å². The van der Waals surface area contributed by atoms with Gasteiger partial charge in [0.2, 0.25) is 10.0 Å². The number of carboxylic acid groups (broad SMARTS) is 1. The Morgan fingerprint density at radius 1 is 1.08 bits per heavy atom. The zero-order valence-corrected chi connectivity index (χ0v) is 13.5. The highest BCUT2D eigenvalue weighted by Crippen LogP contribution is 2.29. The van der Waals surface area contributed by atoms with Gasteiger partial charge < -0.3 is 5.11 Å². The van der Waals surface area contributed by atoms with Crippen LogP contribution in [0.5, 0.6) is 0 Å². The van der Waals surface area contributed by atoms with Gasteiger partial charge in [0.15, 0.2) is 0 Å². The van der Waals surface area contributed by atoms with E-state index in [9.17, 15) is 18.3 Å². The van der Waals surface area contributed by atoms with Crippen molar-refractivity contribution in [3.63, 3.8) is 0 Å². The summed E-state index contributed by atoms with van der Waals surface area (Å²) in [4.78, 5) is 16.1. The summed E-state index contributed by atoms with van der Waals surface area (Å²) in [7, 11) is -3.52. The van der Waals surface area contributed by atoms with E-state index in [0.717, 1.165) is 11.8 Å². The molecule has 0 amide bonds. The molecule has 0 saturated heterocycles. The van der Waals surface area contributed by atoms with E-state index in [2.05, 4.69) is 9.71 Å². The van der Waals surface area contributed by atoms with Crippen molar-refractivity contribution in [2.45, 2.75) is 0 Å². The van der Waals surface area contributed by atoms with Crippen LogP contribution in [-0.2, 0) is 10.0 Å². The number of aromatic nitrogens is 1. The van der Waals surface area contributed by atoms with E-state index in [-0.39, 0.29) is 11.3 Å². The van der Waals surface area contributed by atoms with Crippen LogP contribution in [0.4, 0.5) is 5.69 Å². The minimum Gasteiger partial charge on any atom is -0.478 e. The Hall–Kier alpha value is -2.93. The minimum absolute atomic E-state index is 0.0657. The van der Waals surface area contributed by atoms with E-state index in [0.29, 0.717) is 16.6 Å². The normalized spacial score (nSPS) is 11.4. The molecule has 0 bridgehead atoms. The maximum absolute atomic E-state index is 11.6. The Morgan fingerprint density at radius 3 is 2.42 bits per heavy atom. The van der Waals surface area contributed by atoms with Crippen molar-refractivity contribution in [1.29, 1.82) is 0 Å². The molecule has 2 N–H and O–H groups in total. The number of para-hydroxylation sites is 1. The van der Waals surface area contributed by atoms with Gasteiger partial charge in [0.25, 0.3) is 0 Å². The van der Waals surface area contributed by atoms with Crippen molar-refractivity contribution >= 4 is 32.6 Å². The fraction of sp³-hybridized carbons (Fsp3) is 0.0588. The van der Waals surface area contributed by atoms with Crippen LogP contribution in [0.1, 0.15) is 10.4 Å². The van der Waals surface area contributed by atoms with Crippen LogP contribution in [-0.4, -0.2) is 30.7 Å². The van der Waals surface area contributed by atoms with Gasteiger partial charge in [-0.2, -0.15) is 0 Å². The molecule has 0 fully saturated rings. The summed E-state index contributed by atoms with van der Waals surface area (Å²) in [5.41, 5.74) is 1.81. The van der Waals surface area contributed by atoms with Crippen molar-refractivity contribution in [2.75, 3.05) is 11.0 Å². The molecule has 0 atom stereocenters. The number of benzene rings is 2. The van der Waals surface area contributed by atoms with E-state index in [4.69, 9.17) is 0 Å². The molecule has 1 heterocycles. The predicted molar refractivity (Wildman–Crippen MR) is 92.6 cm³/mol. The molecule has 3 rings (SSSR count). The van der Waals surface area contributed by atoms with Gasteiger partial charge in [-0.05, 0) is 12.1 Å². The van der Waals surface area contributed by atoms with Crippen LogP contribution in [0.3, 0.4) is 0 Å². The van der Waals surface area contributed by atoms with Gasteiger partial charge >= 0.3 is 5.97 Å². The SMILES string of the molecule is CS(=O)(=O)Nc1cccc2c(C(=O)O)cc(-c3ccccc3)nc12. The molecule has 122 valence electrons. The zero-order valence-electron chi connectivity index (χ0n) is 12.7. The highest BCUT2D eigenvalue weighted by atomic mass is 32.2. The van der Waals surface area contributed by atoms with Crippen LogP contribution in [0.15, 0.2) is 54.6 Å². The molecular weight excluding hydrogens is 328 g/mol. The van der Waals surface area contributed by atoms with E-state index < -0.39 is 16.0 Å². The molecule has 0 unspecified atom stereocenters. The van der Waals surface area contributed by atoms with Crippen LogP contribution in [0, 0.1) is 0 Å². The summed E-state index contributed by atoms with van der Waals surface area (Å²) in [6.07, 6.45) is 1.03. The van der Waals surface area contributed by atoms with Gasteiger partial charge in [-0.3, -0.25) is 4.72 Å². The molecule has 6 nitrogen and oxygen atoms in total. The first-order chi connectivity index (χ1) is 11.3. The molecule has 0 aliphatic rings. The second kappa shape index (κ2) is 5.93. The third kappa shape index (κ3) is 3.21. The highest BCUT2D eigenvalue weighted by molar-refractivity contribution is 7.92. The fourth-order valence-electron chi connectivity index (χ4n) is 2.46. The minimum atomic E-state index is -3.52. The number of anilines is 1. The summed E-state index contributed by atoms with van der Waals surface area (Å²) in [5, 5.41) is 9.88. The number of nitrogens with zero attached hydrogens (tertiary/aromatic N) is 1. The Labute approximate surface area is 138 Å². The molecule has 24 heavy (non-hydrogen) atoms. The third-order valence-electron chi connectivity index (χ3n) is 3.43. The van der Waals surface area contributed by atoms with Gasteiger partial charge in [-0.15, -0.1) is 0 Å². The molecule has 1 aromatic heterocycles. The molecule has 0 spiro atoms. The van der Waals surface area contributed by atoms with Gasteiger partial charge in [-0.25, -0.2) is 18.2 Å². The molecule has 0 aliphatic heterocycles. The second-order valence-electron chi connectivity index (χ2n) is 5.30. The van der Waals surface area contributed by atoms with Gasteiger partial charge in [0.1, 0.15) is 0 Å². The second-order valence-corrected chi connectivity index (χ2v) is 7.05. The summed E-state index contributed by atoms with van der Waals surface area (Å²) in [6.45, 7) is 0. The number of aromatic carboxylic acids is 1. The quantitative estimate of drug-likeness (QED) is 0.760.